The number of nitrogens with one attached hydrogen (secondary N) is 1. The van der Waals surface area contributed by atoms with Gasteiger partial charge < -0.3 is 14.8 Å². The number of benzene rings is 2. The summed E-state index contributed by atoms with van der Waals surface area (Å²) in [6.07, 6.45) is -0.0500. The highest BCUT2D eigenvalue weighted by Crippen LogP contribution is 2.24. The Balaban J connectivity index is 2.02. The SMILES string of the molecule is CCc1ccc(NC(=O)[C@@H](C)OC(=O)c2cc(Cl)ccc2OC)cc1. The van der Waals surface area contributed by atoms with Gasteiger partial charge in [-0.2, -0.15) is 0 Å². The van der Waals surface area contributed by atoms with Crippen molar-refractivity contribution in [2.75, 3.05) is 12.4 Å². The van der Waals surface area contributed by atoms with Crippen molar-refractivity contribution in [1.29, 1.82) is 0 Å². The Bertz CT molecular complexity index is 759. The van der Waals surface area contributed by atoms with E-state index in [2.05, 4.69) is 12.2 Å². The number of ether oxygens (including phenoxy) is 2. The molecule has 0 fully saturated rings. The van der Waals surface area contributed by atoms with E-state index in [1.54, 1.807) is 12.1 Å². The van der Waals surface area contributed by atoms with E-state index in [9.17, 15) is 9.59 Å². The molecule has 0 bridgehead atoms. The third kappa shape index (κ3) is 4.97. The van der Waals surface area contributed by atoms with Gasteiger partial charge in [0.25, 0.3) is 5.91 Å². The Hall–Kier alpha value is -2.53. The van der Waals surface area contributed by atoms with Gasteiger partial charge in [0.1, 0.15) is 11.3 Å². The number of esters is 1. The Morgan fingerprint density at radius 2 is 1.84 bits per heavy atom. The molecule has 0 unspecified atom stereocenters. The van der Waals surface area contributed by atoms with Crippen molar-refractivity contribution < 1.29 is 19.1 Å². The Kier molecular flexibility index (Phi) is 6.42. The fraction of sp³-hybridized carbons (Fsp3) is 0.263. The summed E-state index contributed by atoms with van der Waals surface area (Å²) in [5.74, 6) is -0.765. The lowest BCUT2D eigenvalue weighted by atomic mass is 10.1. The van der Waals surface area contributed by atoms with Crippen molar-refractivity contribution in [1.82, 2.24) is 0 Å². The lowest BCUT2D eigenvalue weighted by Gasteiger charge is -2.15. The van der Waals surface area contributed by atoms with Crippen LogP contribution in [0.4, 0.5) is 5.69 Å². The number of hydrogen-bond donors (Lipinski definition) is 1. The second-order valence-electron chi connectivity index (χ2n) is 5.43. The van der Waals surface area contributed by atoms with Gasteiger partial charge in [0.15, 0.2) is 6.10 Å². The molecule has 0 aliphatic heterocycles. The molecule has 0 radical (unpaired) electrons. The predicted octanol–water partition coefficient (Wildman–Crippen LogP) is 4.10. The molecule has 0 saturated heterocycles. The number of methoxy groups -OCH3 is 1. The van der Waals surface area contributed by atoms with E-state index in [0.29, 0.717) is 16.5 Å². The minimum Gasteiger partial charge on any atom is -0.496 e. The van der Waals surface area contributed by atoms with Crippen LogP contribution in [0.25, 0.3) is 0 Å². The van der Waals surface area contributed by atoms with Crippen LogP contribution in [0.3, 0.4) is 0 Å². The smallest absolute Gasteiger partial charge is 0.342 e. The lowest BCUT2D eigenvalue weighted by Crippen LogP contribution is -2.30. The van der Waals surface area contributed by atoms with Gasteiger partial charge in [-0.05, 0) is 49.2 Å². The van der Waals surface area contributed by atoms with Gasteiger partial charge in [-0.25, -0.2) is 4.79 Å². The molecule has 5 nitrogen and oxygen atoms in total. The summed E-state index contributed by atoms with van der Waals surface area (Å²) in [6.45, 7) is 3.56. The van der Waals surface area contributed by atoms with E-state index in [-0.39, 0.29) is 5.56 Å². The molecule has 0 heterocycles. The maximum atomic E-state index is 12.3. The normalized spacial score (nSPS) is 11.5. The van der Waals surface area contributed by atoms with E-state index < -0.39 is 18.0 Å². The second-order valence-corrected chi connectivity index (χ2v) is 5.87. The van der Waals surface area contributed by atoms with Gasteiger partial charge in [0.2, 0.25) is 0 Å². The van der Waals surface area contributed by atoms with Gasteiger partial charge in [-0.15, -0.1) is 0 Å². The highest BCUT2D eigenvalue weighted by Gasteiger charge is 2.21. The van der Waals surface area contributed by atoms with E-state index >= 15 is 0 Å². The van der Waals surface area contributed by atoms with E-state index in [1.807, 2.05) is 24.3 Å². The standard InChI is InChI=1S/C19H20ClNO4/c1-4-13-5-8-15(9-6-13)21-18(22)12(2)25-19(23)16-11-14(20)7-10-17(16)24-3/h5-12H,4H2,1-3H3,(H,21,22)/t12-/m1/s1. The van der Waals surface area contributed by atoms with E-state index in [4.69, 9.17) is 21.1 Å². The summed E-state index contributed by atoms with van der Waals surface area (Å²) in [7, 11) is 1.44. The summed E-state index contributed by atoms with van der Waals surface area (Å²) in [4.78, 5) is 24.5. The summed E-state index contributed by atoms with van der Waals surface area (Å²) in [6, 6.07) is 12.1. The number of hydrogen-bond acceptors (Lipinski definition) is 4. The molecular formula is C19H20ClNO4. The molecule has 1 atom stereocenters. The maximum absolute atomic E-state index is 12.3. The highest BCUT2D eigenvalue weighted by molar-refractivity contribution is 6.31. The third-order valence-corrected chi connectivity index (χ3v) is 3.90. The molecule has 0 spiro atoms. The molecule has 1 amide bonds. The molecule has 132 valence electrons. The van der Waals surface area contributed by atoms with Crippen LogP contribution in [-0.4, -0.2) is 25.1 Å². The average Bonchev–Trinajstić information content (AvgIpc) is 2.62. The third-order valence-electron chi connectivity index (χ3n) is 3.66. The largest absolute Gasteiger partial charge is 0.496 e. The summed E-state index contributed by atoms with van der Waals surface area (Å²) < 4.78 is 10.3. The first-order valence-electron chi connectivity index (χ1n) is 7.89. The number of aryl methyl sites for hydroxylation is 1. The van der Waals surface area contributed by atoms with Crippen LogP contribution in [0.1, 0.15) is 29.8 Å². The van der Waals surface area contributed by atoms with Gasteiger partial charge >= 0.3 is 5.97 Å². The Morgan fingerprint density at radius 3 is 2.44 bits per heavy atom. The number of anilines is 1. The van der Waals surface area contributed by atoms with Crippen molar-refractivity contribution in [2.45, 2.75) is 26.4 Å². The van der Waals surface area contributed by atoms with Crippen LogP contribution in [-0.2, 0) is 16.0 Å². The van der Waals surface area contributed by atoms with Crippen LogP contribution < -0.4 is 10.1 Å². The first-order chi connectivity index (χ1) is 11.9. The second kappa shape index (κ2) is 8.53. The molecule has 1 N–H and O–H groups in total. The monoisotopic (exact) mass is 361 g/mol. The van der Waals surface area contributed by atoms with E-state index in [1.165, 1.54) is 25.7 Å². The molecule has 0 aliphatic rings. The number of carbonyl (C=O) groups is 2. The number of rotatable bonds is 6. The van der Waals surface area contributed by atoms with Gasteiger partial charge in [-0.3, -0.25) is 4.79 Å². The fourth-order valence-corrected chi connectivity index (χ4v) is 2.36. The van der Waals surface area contributed by atoms with Gasteiger partial charge in [0.05, 0.1) is 7.11 Å². The van der Waals surface area contributed by atoms with Crippen LogP contribution >= 0.6 is 11.6 Å². The van der Waals surface area contributed by atoms with Crippen LogP contribution in [0.5, 0.6) is 5.75 Å². The van der Waals surface area contributed by atoms with Crippen LogP contribution in [0.2, 0.25) is 5.02 Å². The number of halogens is 1. The lowest BCUT2D eigenvalue weighted by molar-refractivity contribution is -0.123. The topological polar surface area (TPSA) is 64.6 Å². The summed E-state index contributed by atoms with van der Waals surface area (Å²) >= 11 is 5.91. The minimum atomic E-state index is -0.970. The van der Waals surface area contributed by atoms with E-state index in [0.717, 1.165) is 6.42 Å². The van der Waals surface area contributed by atoms with Crippen molar-refractivity contribution in [3.05, 3.63) is 58.6 Å². The van der Waals surface area contributed by atoms with Crippen molar-refractivity contribution in [3.63, 3.8) is 0 Å². The minimum absolute atomic E-state index is 0.168. The van der Waals surface area contributed by atoms with Gasteiger partial charge in [-0.1, -0.05) is 30.7 Å². The molecule has 2 aromatic carbocycles. The average molecular weight is 362 g/mol. The highest BCUT2D eigenvalue weighted by atomic mass is 35.5. The molecule has 2 rings (SSSR count). The molecule has 0 aliphatic carbocycles. The first-order valence-corrected chi connectivity index (χ1v) is 8.26. The number of amides is 1. The van der Waals surface area contributed by atoms with Crippen molar-refractivity contribution in [3.8, 4) is 5.75 Å². The summed E-state index contributed by atoms with van der Waals surface area (Å²) in [5.41, 5.74) is 1.98. The quantitative estimate of drug-likeness (QED) is 0.787. The summed E-state index contributed by atoms with van der Waals surface area (Å²) in [5, 5.41) is 3.09. The molecule has 0 saturated carbocycles. The maximum Gasteiger partial charge on any atom is 0.342 e. The zero-order valence-electron chi connectivity index (χ0n) is 14.3. The van der Waals surface area contributed by atoms with Gasteiger partial charge in [0, 0.05) is 10.7 Å². The van der Waals surface area contributed by atoms with Crippen molar-refractivity contribution in [2.24, 2.45) is 0 Å². The molecular weight excluding hydrogens is 342 g/mol. The number of carbonyl (C=O) groups excluding carboxylic acids is 2. The zero-order valence-corrected chi connectivity index (χ0v) is 15.1. The molecule has 2 aromatic rings. The van der Waals surface area contributed by atoms with Crippen molar-refractivity contribution >= 4 is 29.2 Å². The first kappa shape index (κ1) is 18.8. The molecule has 0 aromatic heterocycles. The molecule has 25 heavy (non-hydrogen) atoms. The Labute approximate surface area is 151 Å². The predicted molar refractivity (Wildman–Crippen MR) is 97.3 cm³/mol. The van der Waals surface area contributed by atoms with Crippen LogP contribution in [0, 0.1) is 0 Å². The fourth-order valence-electron chi connectivity index (χ4n) is 2.18. The molecule has 6 heteroatoms. The van der Waals surface area contributed by atoms with Crippen LogP contribution in [0.15, 0.2) is 42.5 Å². The Morgan fingerprint density at radius 1 is 1.16 bits per heavy atom. The zero-order chi connectivity index (χ0) is 18.4.